The van der Waals surface area contributed by atoms with Crippen molar-refractivity contribution in [1.82, 2.24) is 0 Å². The van der Waals surface area contributed by atoms with Crippen LogP contribution in [0.1, 0.15) is 13.8 Å². The van der Waals surface area contributed by atoms with Crippen LogP contribution < -0.4 is 10.2 Å². The first kappa shape index (κ1) is 29.6. The molecule has 0 fully saturated rings. The van der Waals surface area contributed by atoms with Crippen LogP contribution in [0.25, 0.3) is 0 Å². The molecular formula is C6H10CaO10. The third kappa shape index (κ3) is 1510. The molecule has 11 heteroatoms. The van der Waals surface area contributed by atoms with Gasteiger partial charge in [0.05, 0.1) is 0 Å². The third-order valence-electron chi connectivity index (χ3n) is 0. The van der Waals surface area contributed by atoms with Gasteiger partial charge in [-0.2, -0.15) is 0 Å². The average Bonchev–Trinajstić information content (AvgIpc) is 1.76. The fourth-order valence-corrected chi connectivity index (χ4v) is 0. The smallest absolute Gasteiger partial charge is 0.550 e. The van der Waals surface area contributed by atoms with Gasteiger partial charge in [-0.3, -0.25) is 0 Å². The Morgan fingerprint density at radius 1 is 0.706 bits per heavy atom. The molecule has 0 radical (unpaired) electrons. The number of aliphatic carboxylic acids is 2. The average molecular weight is 282 g/mol. The second kappa shape index (κ2) is 24.1. The van der Waals surface area contributed by atoms with Gasteiger partial charge in [0.15, 0.2) is 0 Å². The first-order valence-electron chi connectivity index (χ1n) is 3.12. The minimum absolute atomic E-state index is 0. The molecule has 0 aromatic heterocycles. The number of hydrogen-bond donors (Lipinski definition) is 4. The summed E-state index contributed by atoms with van der Waals surface area (Å²) in [7, 11) is 0. The van der Waals surface area contributed by atoms with Crippen molar-refractivity contribution < 1.29 is 49.8 Å². The van der Waals surface area contributed by atoms with Crippen LogP contribution in [-0.4, -0.2) is 82.4 Å². The minimum atomic E-state index is -1.83. The maximum Gasteiger partial charge on any atom is 2.00 e. The van der Waals surface area contributed by atoms with Gasteiger partial charge in [-0.1, -0.05) is 0 Å². The van der Waals surface area contributed by atoms with Gasteiger partial charge in [0, 0.05) is 11.9 Å². The molecule has 0 aliphatic carbocycles. The van der Waals surface area contributed by atoms with Crippen LogP contribution in [0.2, 0.25) is 0 Å². The summed E-state index contributed by atoms with van der Waals surface area (Å²) in [6.45, 7) is 1.94. The second-order valence-corrected chi connectivity index (χ2v) is 1.55. The van der Waals surface area contributed by atoms with E-state index in [-0.39, 0.29) is 37.7 Å². The van der Waals surface area contributed by atoms with Crippen molar-refractivity contribution in [1.29, 1.82) is 0 Å². The Kier molecular flexibility index (Phi) is 42.1. The predicted octanol–water partition coefficient (Wildman–Crippen LogP) is -2.42. The zero-order valence-electron chi connectivity index (χ0n) is 8.95. The molecule has 0 aromatic carbocycles. The van der Waals surface area contributed by atoms with Crippen LogP contribution in [0.4, 0.5) is 9.59 Å². The van der Waals surface area contributed by atoms with Gasteiger partial charge in [-0.25, -0.2) is 9.59 Å². The second-order valence-electron chi connectivity index (χ2n) is 1.55. The van der Waals surface area contributed by atoms with Crippen molar-refractivity contribution in [3.63, 3.8) is 0 Å². The molecule has 0 bridgehead atoms. The van der Waals surface area contributed by atoms with Crippen molar-refractivity contribution in [2.45, 2.75) is 13.8 Å². The van der Waals surface area contributed by atoms with Gasteiger partial charge in [-0.05, 0) is 13.8 Å². The number of carboxylic acid groups (broad SMARTS) is 6. The normalized spacial score (nSPS) is 5.76. The zero-order valence-corrected chi connectivity index (χ0v) is 11.2. The molecule has 0 rings (SSSR count). The van der Waals surface area contributed by atoms with Crippen molar-refractivity contribution in [2.24, 2.45) is 0 Å². The van der Waals surface area contributed by atoms with Crippen LogP contribution in [0.5, 0.6) is 0 Å². The molecule has 96 valence electrons. The monoisotopic (exact) mass is 282 g/mol. The van der Waals surface area contributed by atoms with Crippen LogP contribution in [0.15, 0.2) is 0 Å². The molecule has 0 heterocycles. The summed E-state index contributed by atoms with van der Waals surface area (Å²) in [5.74, 6) is -2.17. The quantitative estimate of drug-likeness (QED) is 0.347. The summed E-state index contributed by atoms with van der Waals surface area (Å²) in [6.07, 6.45) is -3.67. The molecule has 0 saturated carbocycles. The van der Waals surface area contributed by atoms with Gasteiger partial charge < -0.3 is 40.2 Å². The molecule has 0 unspecified atom stereocenters. The van der Waals surface area contributed by atoms with E-state index < -0.39 is 24.2 Å². The molecule has 17 heavy (non-hydrogen) atoms. The molecule has 0 amide bonds. The first-order valence-corrected chi connectivity index (χ1v) is 3.12. The maximum atomic E-state index is 8.89. The first-order chi connectivity index (χ1) is 6.93. The van der Waals surface area contributed by atoms with E-state index in [1.54, 1.807) is 0 Å². The molecule has 0 spiro atoms. The summed E-state index contributed by atoms with van der Waals surface area (Å²) in [5, 5.41) is 45.7. The van der Waals surface area contributed by atoms with Crippen LogP contribution in [0, 0.1) is 0 Å². The van der Waals surface area contributed by atoms with Gasteiger partial charge in [0.25, 0.3) is 0 Å². The number of carbonyl (C=O) groups excluding carboxylic acids is 2. The van der Waals surface area contributed by atoms with Crippen LogP contribution in [0.3, 0.4) is 0 Å². The molecular weight excluding hydrogens is 272 g/mol. The SMILES string of the molecule is CC(=O)[O-].CC(=O)[O-].O=C(O)O.O=C(O)O.[Ca+2]. The maximum absolute atomic E-state index is 8.89. The van der Waals surface area contributed by atoms with Gasteiger partial charge in [0.2, 0.25) is 0 Å². The van der Waals surface area contributed by atoms with Crippen LogP contribution >= 0.6 is 0 Å². The van der Waals surface area contributed by atoms with E-state index in [9.17, 15) is 0 Å². The Hall–Kier alpha value is -1.26. The number of carbonyl (C=O) groups is 4. The van der Waals surface area contributed by atoms with E-state index in [0.717, 1.165) is 13.8 Å². The Balaban J connectivity index is -0.0000000369. The largest absolute Gasteiger partial charge is 2.00 e. The van der Waals surface area contributed by atoms with Crippen molar-refractivity contribution in [2.75, 3.05) is 0 Å². The summed E-state index contributed by atoms with van der Waals surface area (Å²) in [6, 6.07) is 0. The molecule has 0 aromatic rings. The Labute approximate surface area is 125 Å². The Bertz CT molecular complexity index is 161. The van der Waals surface area contributed by atoms with Crippen LogP contribution in [-0.2, 0) is 9.59 Å². The summed E-state index contributed by atoms with van der Waals surface area (Å²) < 4.78 is 0. The van der Waals surface area contributed by atoms with Crippen molar-refractivity contribution >= 4 is 62.0 Å². The molecule has 0 aliphatic rings. The Morgan fingerprint density at radius 3 is 0.706 bits per heavy atom. The topological polar surface area (TPSA) is 195 Å². The summed E-state index contributed by atoms with van der Waals surface area (Å²) in [5.41, 5.74) is 0. The van der Waals surface area contributed by atoms with E-state index >= 15 is 0 Å². The van der Waals surface area contributed by atoms with E-state index in [4.69, 9.17) is 49.8 Å². The van der Waals surface area contributed by atoms with E-state index in [2.05, 4.69) is 0 Å². The molecule has 0 aliphatic heterocycles. The fourth-order valence-electron chi connectivity index (χ4n) is 0. The van der Waals surface area contributed by atoms with E-state index in [1.165, 1.54) is 0 Å². The van der Waals surface area contributed by atoms with Crippen molar-refractivity contribution in [3.05, 3.63) is 0 Å². The third-order valence-corrected chi connectivity index (χ3v) is 0. The molecule has 0 saturated heterocycles. The van der Waals surface area contributed by atoms with Gasteiger partial charge in [0.1, 0.15) is 0 Å². The number of hydrogen-bond acceptors (Lipinski definition) is 6. The number of carboxylic acids is 2. The van der Waals surface area contributed by atoms with E-state index in [1.807, 2.05) is 0 Å². The summed E-state index contributed by atoms with van der Waals surface area (Å²) in [4.78, 5) is 34.9. The van der Waals surface area contributed by atoms with Gasteiger partial charge in [-0.15, -0.1) is 0 Å². The molecule has 0 atom stereocenters. The van der Waals surface area contributed by atoms with E-state index in [0.29, 0.717) is 0 Å². The Morgan fingerprint density at radius 2 is 0.706 bits per heavy atom. The standard InChI is InChI=1S/2C2H4O2.2CH2O3.Ca/c2*1-2(3)4;2*2-1(3)4;/h2*1H3,(H,3,4);2*(H2,2,3,4);/q;;;;+2/p-2. The predicted molar refractivity (Wildman–Crippen MR) is 48.4 cm³/mol. The van der Waals surface area contributed by atoms with Crippen molar-refractivity contribution in [3.8, 4) is 0 Å². The molecule has 4 N–H and O–H groups in total. The minimum Gasteiger partial charge on any atom is -0.550 e. The molecule has 10 nitrogen and oxygen atoms in total. The van der Waals surface area contributed by atoms with Gasteiger partial charge >= 0.3 is 50.0 Å². The number of rotatable bonds is 0. The summed E-state index contributed by atoms with van der Waals surface area (Å²) >= 11 is 0. The fraction of sp³-hybridized carbons (Fsp3) is 0.333. The zero-order chi connectivity index (χ0) is 14.3.